The normalized spacial score (nSPS) is 20.1. The number of benzene rings is 1. The van der Waals surface area contributed by atoms with E-state index >= 15 is 0 Å². The molecule has 1 N–H and O–H groups in total. The van der Waals surface area contributed by atoms with Crippen LogP contribution in [0.25, 0.3) is 0 Å². The van der Waals surface area contributed by atoms with E-state index < -0.39 is 0 Å². The molecule has 0 aromatic heterocycles. The first-order chi connectivity index (χ1) is 9.40. The van der Waals surface area contributed by atoms with Crippen LogP contribution in [0.1, 0.15) is 43.2 Å². The summed E-state index contributed by atoms with van der Waals surface area (Å²) in [6.07, 6.45) is 4.45. The smallest absolute Gasteiger partial charge is 0.164 e. The summed E-state index contributed by atoms with van der Waals surface area (Å²) in [7, 11) is 0. The number of hydrogen-bond acceptors (Lipinski definition) is 3. The summed E-state index contributed by atoms with van der Waals surface area (Å²) < 4.78 is 11.8. The summed E-state index contributed by atoms with van der Waals surface area (Å²) in [6.45, 7) is 6.01. The second-order valence-electron chi connectivity index (χ2n) is 5.39. The summed E-state index contributed by atoms with van der Waals surface area (Å²) >= 11 is 0. The molecule has 0 saturated carbocycles. The van der Waals surface area contributed by atoms with Crippen molar-refractivity contribution >= 4 is 0 Å². The second kappa shape index (κ2) is 5.83. The summed E-state index contributed by atoms with van der Waals surface area (Å²) in [4.78, 5) is 0. The minimum atomic E-state index is 0.674. The van der Waals surface area contributed by atoms with Crippen LogP contribution in [0.5, 0.6) is 11.5 Å². The molecule has 1 aromatic rings. The Balaban J connectivity index is 1.97. The van der Waals surface area contributed by atoms with Crippen molar-refractivity contribution in [3.63, 3.8) is 0 Å². The van der Waals surface area contributed by atoms with Crippen LogP contribution in [-0.2, 0) is 6.42 Å². The zero-order chi connectivity index (χ0) is 13.1. The zero-order valence-electron chi connectivity index (χ0n) is 11.7. The third kappa shape index (κ3) is 2.57. The van der Waals surface area contributed by atoms with Gasteiger partial charge in [-0.05, 0) is 49.9 Å². The summed E-state index contributed by atoms with van der Waals surface area (Å²) in [5, 5.41) is 3.44. The molecule has 2 heterocycles. The van der Waals surface area contributed by atoms with Crippen LogP contribution in [-0.4, -0.2) is 26.3 Å². The minimum absolute atomic E-state index is 0.674. The number of hydrogen-bond donors (Lipinski definition) is 1. The second-order valence-corrected chi connectivity index (χ2v) is 5.39. The maximum Gasteiger partial charge on any atom is 0.164 e. The zero-order valence-corrected chi connectivity index (χ0v) is 11.7. The molecule has 0 unspecified atom stereocenters. The summed E-state index contributed by atoms with van der Waals surface area (Å²) in [5.41, 5.74) is 2.85. The molecule has 1 fully saturated rings. The van der Waals surface area contributed by atoms with Gasteiger partial charge in [-0.15, -0.1) is 0 Å². The lowest BCUT2D eigenvalue weighted by molar-refractivity contribution is 0.296. The number of rotatable bonds is 2. The SMILES string of the molecule is CCc1c(C2CCNCC2)ccc2c1OCCCO2. The number of piperidine rings is 1. The van der Waals surface area contributed by atoms with Gasteiger partial charge in [0.25, 0.3) is 0 Å². The highest BCUT2D eigenvalue weighted by Crippen LogP contribution is 2.40. The van der Waals surface area contributed by atoms with E-state index in [0.717, 1.165) is 50.6 Å². The van der Waals surface area contributed by atoms with Crippen molar-refractivity contribution in [3.8, 4) is 11.5 Å². The highest BCUT2D eigenvalue weighted by Gasteiger charge is 2.23. The van der Waals surface area contributed by atoms with Gasteiger partial charge in [0, 0.05) is 12.0 Å². The summed E-state index contributed by atoms with van der Waals surface area (Å²) in [5.74, 6) is 2.62. The molecule has 2 aliphatic rings. The Morgan fingerprint density at radius 1 is 1.16 bits per heavy atom. The number of nitrogens with one attached hydrogen (secondary N) is 1. The van der Waals surface area contributed by atoms with Gasteiger partial charge in [-0.2, -0.15) is 0 Å². The van der Waals surface area contributed by atoms with Gasteiger partial charge < -0.3 is 14.8 Å². The van der Waals surface area contributed by atoms with Crippen molar-refractivity contribution in [1.29, 1.82) is 0 Å². The van der Waals surface area contributed by atoms with Crippen LogP contribution in [0.15, 0.2) is 12.1 Å². The molecular weight excluding hydrogens is 238 g/mol. The monoisotopic (exact) mass is 261 g/mol. The summed E-state index contributed by atoms with van der Waals surface area (Å²) in [6, 6.07) is 4.37. The predicted molar refractivity (Wildman–Crippen MR) is 76.3 cm³/mol. The molecule has 0 atom stereocenters. The number of ether oxygens (including phenoxy) is 2. The molecule has 104 valence electrons. The average molecular weight is 261 g/mol. The van der Waals surface area contributed by atoms with E-state index in [-0.39, 0.29) is 0 Å². The van der Waals surface area contributed by atoms with E-state index in [4.69, 9.17) is 9.47 Å². The molecule has 3 nitrogen and oxygen atoms in total. The van der Waals surface area contributed by atoms with Gasteiger partial charge >= 0.3 is 0 Å². The van der Waals surface area contributed by atoms with Crippen molar-refractivity contribution in [3.05, 3.63) is 23.3 Å². The van der Waals surface area contributed by atoms with Gasteiger partial charge in [-0.3, -0.25) is 0 Å². The van der Waals surface area contributed by atoms with Crippen LogP contribution < -0.4 is 14.8 Å². The largest absolute Gasteiger partial charge is 0.490 e. The average Bonchev–Trinajstić information content (AvgIpc) is 2.72. The van der Waals surface area contributed by atoms with Crippen LogP contribution in [0.3, 0.4) is 0 Å². The molecule has 0 aliphatic carbocycles. The topological polar surface area (TPSA) is 30.5 Å². The molecular formula is C16H23NO2. The van der Waals surface area contributed by atoms with Crippen LogP contribution >= 0.6 is 0 Å². The third-order valence-corrected chi connectivity index (χ3v) is 4.19. The fourth-order valence-corrected chi connectivity index (χ4v) is 3.19. The van der Waals surface area contributed by atoms with Gasteiger partial charge in [0.05, 0.1) is 13.2 Å². The quantitative estimate of drug-likeness (QED) is 0.888. The third-order valence-electron chi connectivity index (χ3n) is 4.19. The van der Waals surface area contributed by atoms with Gasteiger partial charge in [0.2, 0.25) is 0 Å². The molecule has 0 spiro atoms. The van der Waals surface area contributed by atoms with E-state index in [9.17, 15) is 0 Å². The molecule has 0 radical (unpaired) electrons. The Hall–Kier alpha value is -1.22. The Kier molecular flexibility index (Phi) is 3.92. The molecule has 1 saturated heterocycles. The Morgan fingerprint density at radius 2 is 1.95 bits per heavy atom. The van der Waals surface area contributed by atoms with Gasteiger partial charge in [-0.1, -0.05) is 13.0 Å². The molecule has 0 amide bonds. The fourth-order valence-electron chi connectivity index (χ4n) is 3.19. The minimum Gasteiger partial charge on any atom is -0.490 e. The maximum absolute atomic E-state index is 5.96. The Labute approximate surface area is 115 Å². The highest BCUT2D eigenvalue weighted by atomic mass is 16.5. The Morgan fingerprint density at radius 3 is 2.74 bits per heavy atom. The predicted octanol–water partition coefficient (Wildman–Crippen LogP) is 2.88. The van der Waals surface area contributed by atoms with Crippen molar-refractivity contribution in [2.24, 2.45) is 0 Å². The van der Waals surface area contributed by atoms with Crippen molar-refractivity contribution in [2.75, 3.05) is 26.3 Å². The lowest BCUT2D eigenvalue weighted by atomic mass is 9.86. The maximum atomic E-state index is 5.96. The van der Waals surface area contributed by atoms with Gasteiger partial charge in [0.15, 0.2) is 11.5 Å². The van der Waals surface area contributed by atoms with Gasteiger partial charge in [-0.25, -0.2) is 0 Å². The number of fused-ring (bicyclic) bond motifs is 1. The van der Waals surface area contributed by atoms with E-state index in [0.29, 0.717) is 5.92 Å². The molecule has 1 aromatic carbocycles. The van der Waals surface area contributed by atoms with Crippen molar-refractivity contribution < 1.29 is 9.47 Å². The first-order valence-electron chi connectivity index (χ1n) is 7.52. The highest BCUT2D eigenvalue weighted by molar-refractivity contribution is 5.52. The van der Waals surface area contributed by atoms with Crippen LogP contribution in [0.2, 0.25) is 0 Å². The Bertz CT molecular complexity index is 439. The lowest BCUT2D eigenvalue weighted by Gasteiger charge is -2.26. The molecule has 3 rings (SSSR count). The van der Waals surface area contributed by atoms with Crippen LogP contribution in [0.4, 0.5) is 0 Å². The van der Waals surface area contributed by atoms with Crippen LogP contribution in [0, 0.1) is 0 Å². The van der Waals surface area contributed by atoms with Crippen molar-refractivity contribution in [2.45, 2.75) is 38.5 Å². The standard InChI is InChI=1S/C16H23NO2/c1-2-13-14(12-6-8-17-9-7-12)4-5-15-16(13)19-11-3-10-18-15/h4-5,12,17H,2-3,6-11H2,1H3. The van der Waals surface area contributed by atoms with E-state index in [2.05, 4.69) is 24.4 Å². The van der Waals surface area contributed by atoms with E-state index in [1.165, 1.54) is 24.0 Å². The molecule has 19 heavy (non-hydrogen) atoms. The first-order valence-corrected chi connectivity index (χ1v) is 7.52. The lowest BCUT2D eigenvalue weighted by Crippen LogP contribution is -2.27. The molecule has 2 aliphatic heterocycles. The fraction of sp³-hybridized carbons (Fsp3) is 0.625. The van der Waals surface area contributed by atoms with Gasteiger partial charge in [0.1, 0.15) is 0 Å². The first kappa shape index (κ1) is 12.8. The van der Waals surface area contributed by atoms with Crippen molar-refractivity contribution in [1.82, 2.24) is 5.32 Å². The van der Waals surface area contributed by atoms with E-state index in [1.54, 1.807) is 0 Å². The molecule has 0 bridgehead atoms. The van der Waals surface area contributed by atoms with E-state index in [1.807, 2.05) is 0 Å². The molecule has 3 heteroatoms.